The van der Waals surface area contributed by atoms with Gasteiger partial charge in [-0.15, -0.1) is 0 Å². The van der Waals surface area contributed by atoms with Gasteiger partial charge in [-0.05, 0) is 32.0 Å². The third-order valence-electron chi connectivity index (χ3n) is 2.23. The number of carbonyl (C=O) groups is 2. The van der Waals surface area contributed by atoms with Gasteiger partial charge in [0.2, 0.25) is 5.91 Å². The SMILES string of the molecule is CC(C)NC(=O)c1cc(C(N)=O)cc(C(F)(F)F)c1. The number of rotatable bonds is 3. The molecule has 0 radical (unpaired) electrons. The third kappa shape index (κ3) is 3.97. The van der Waals surface area contributed by atoms with Gasteiger partial charge in [0.15, 0.2) is 0 Å². The molecule has 3 N–H and O–H groups in total. The van der Waals surface area contributed by atoms with Crippen molar-refractivity contribution in [3.8, 4) is 0 Å². The van der Waals surface area contributed by atoms with E-state index < -0.39 is 23.6 Å². The van der Waals surface area contributed by atoms with Gasteiger partial charge in [-0.25, -0.2) is 0 Å². The highest BCUT2D eigenvalue weighted by Crippen LogP contribution is 2.30. The molecule has 0 heterocycles. The smallest absolute Gasteiger partial charge is 0.366 e. The number of nitrogens with one attached hydrogen (secondary N) is 1. The molecule has 0 spiro atoms. The number of benzene rings is 1. The van der Waals surface area contributed by atoms with Crippen molar-refractivity contribution in [1.29, 1.82) is 0 Å². The minimum atomic E-state index is -4.65. The lowest BCUT2D eigenvalue weighted by Gasteiger charge is -2.12. The second-order valence-electron chi connectivity index (χ2n) is 4.29. The Balaban J connectivity index is 3.28. The Morgan fingerprint density at radius 1 is 1.16 bits per heavy atom. The molecule has 7 heteroatoms. The van der Waals surface area contributed by atoms with Crippen LogP contribution in [0.15, 0.2) is 18.2 Å². The van der Waals surface area contributed by atoms with Gasteiger partial charge in [0.25, 0.3) is 5.91 Å². The standard InChI is InChI=1S/C12H13F3N2O2/c1-6(2)17-11(19)8-3-7(10(16)18)4-9(5-8)12(13,14)15/h3-6H,1-2H3,(H2,16,18)(H,17,19). The molecule has 19 heavy (non-hydrogen) atoms. The molecule has 0 aliphatic rings. The van der Waals surface area contributed by atoms with E-state index in [1.165, 1.54) is 0 Å². The van der Waals surface area contributed by atoms with Crippen molar-refractivity contribution >= 4 is 11.8 Å². The summed E-state index contributed by atoms with van der Waals surface area (Å²) in [6, 6.07) is 2.10. The molecule has 4 nitrogen and oxygen atoms in total. The summed E-state index contributed by atoms with van der Waals surface area (Å²) < 4.78 is 38.0. The zero-order valence-corrected chi connectivity index (χ0v) is 10.3. The number of carbonyl (C=O) groups excluding carboxylic acids is 2. The maximum absolute atomic E-state index is 12.7. The summed E-state index contributed by atoms with van der Waals surface area (Å²) in [5.41, 5.74) is 3.26. The van der Waals surface area contributed by atoms with Gasteiger partial charge >= 0.3 is 6.18 Å². The summed E-state index contributed by atoms with van der Waals surface area (Å²) in [5.74, 6) is -1.71. The Labute approximate surface area is 107 Å². The average Bonchev–Trinajstić information content (AvgIpc) is 2.26. The number of primary amides is 1. The molecule has 0 aliphatic heterocycles. The monoisotopic (exact) mass is 274 g/mol. The molecule has 0 fully saturated rings. The number of alkyl halides is 3. The van der Waals surface area contributed by atoms with Crippen molar-refractivity contribution < 1.29 is 22.8 Å². The lowest BCUT2D eigenvalue weighted by atomic mass is 10.0. The molecule has 0 saturated carbocycles. The molecule has 1 aromatic carbocycles. The fraction of sp³-hybridized carbons (Fsp3) is 0.333. The van der Waals surface area contributed by atoms with Crippen LogP contribution >= 0.6 is 0 Å². The third-order valence-corrected chi connectivity index (χ3v) is 2.23. The molecule has 0 atom stereocenters. The highest BCUT2D eigenvalue weighted by molar-refractivity contribution is 5.99. The first-order valence-corrected chi connectivity index (χ1v) is 5.44. The first kappa shape index (κ1) is 15.0. The molecule has 0 saturated heterocycles. The van der Waals surface area contributed by atoms with E-state index in [1.807, 2.05) is 0 Å². The summed E-state index contributed by atoms with van der Waals surface area (Å²) in [7, 11) is 0. The Hall–Kier alpha value is -2.05. The predicted octanol–water partition coefficient (Wildman–Crippen LogP) is 1.94. The first-order chi connectivity index (χ1) is 8.61. The van der Waals surface area contributed by atoms with Crippen molar-refractivity contribution in [2.75, 3.05) is 0 Å². The van der Waals surface area contributed by atoms with Crippen molar-refractivity contribution in [2.45, 2.75) is 26.1 Å². The molecule has 1 aromatic rings. The van der Waals surface area contributed by atoms with Crippen LogP contribution in [0, 0.1) is 0 Å². The van der Waals surface area contributed by atoms with Crippen LogP contribution in [0.25, 0.3) is 0 Å². The van der Waals surface area contributed by atoms with E-state index >= 15 is 0 Å². The summed E-state index contributed by atoms with van der Waals surface area (Å²) in [6.45, 7) is 3.33. The van der Waals surface area contributed by atoms with Gasteiger partial charge in [-0.2, -0.15) is 13.2 Å². The molecule has 2 amide bonds. The van der Waals surface area contributed by atoms with E-state index in [1.54, 1.807) is 13.8 Å². The maximum atomic E-state index is 12.7. The molecule has 104 valence electrons. The lowest BCUT2D eigenvalue weighted by Crippen LogP contribution is -2.30. The zero-order chi connectivity index (χ0) is 14.8. The van der Waals surface area contributed by atoms with Gasteiger partial charge in [-0.1, -0.05) is 0 Å². The first-order valence-electron chi connectivity index (χ1n) is 5.44. The van der Waals surface area contributed by atoms with Crippen molar-refractivity contribution in [3.05, 3.63) is 34.9 Å². The minimum Gasteiger partial charge on any atom is -0.366 e. The molecule has 0 unspecified atom stereocenters. The Bertz CT molecular complexity index is 510. The van der Waals surface area contributed by atoms with Crippen molar-refractivity contribution in [2.24, 2.45) is 5.73 Å². The Morgan fingerprint density at radius 2 is 1.68 bits per heavy atom. The van der Waals surface area contributed by atoms with Gasteiger partial charge in [-0.3, -0.25) is 9.59 Å². The molecule has 0 aliphatic carbocycles. The summed E-state index contributed by atoms with van der Waals surface area (Å²) in [5, 5.41) is 2.45. The number of amides is 2. The second kappa shape index (κ2) is 5.29. The highest BCUT2D eigenvalue weighted by atomic mass is 19.4. The second-order valence-corrected chi connectivity index (χ2v) is 4.29. The fourth-order valence-electron chi connectivity index (χ4n) is 1.41. The molecular weight excluding hydrogens is 261 g/mol. The molecule has 0 bridgehead atoms. The Morgan fingerprint density at radius 3 is 2.11 bits per heavy atom. The van der Waals surface area contributed by atoms with E-state index in [0.717, 1.165) is 6.07 Å². The number of halogens is 3. The molecule has 1 rings (SSSR count). The summed E-state index contributed by atoms with van der Waals surface area (Å²) in [4.78, 5) is 22.7. The Kier molecular flexibility index (Phi) is 4.18. The maximum Gasteiger partial charge on any atom is 0.416 e. The quantitative estimate of drug-likeness (QED) is 0.884. The van der Waals surface area contributed by atoms with E-state index in [0.29, 0.717) is 12.1 Å². The molecular formula is C12H13F3N2O2. The van der Waals surface area contributed by atoms with E-state index in [-0.39, 0.29) is 17.2 Å². The van der Waals surface area contributed by atoms with Crippen LogP contribution in [0.1, 0.15) is 40.1 Å². The van der Waals surface area contributed by atoms with E-state index in [4.69, 9.17) is 5.73 Å². The number of hydrogen-bond acceptors (Lipinski definition) is 2. The van der Waals surface area contributed by atoms with Crippen molar-refractivity contribution in [3.63, 3.8) is 0 Å². The van der Waals surface area contributed by atoms with Gasteiger partial charge in [0.05, 0.1) is 5.56 Å². The van der Waals surface area contributed by atoms with E-state index in [2.05, 4.69) is 5.32 Å². The van der Waals surface area contributed by atoms with Gasteiger partial charge < -0.3 is 11.1 Å². The predicted molar refractivity (Wildman–Crippen MR) is 62.6 cm³/mol. The van der Waals surface area contributed by atoms with Gasteiger partial charge in [0.1, 0.15) is 0 Å². The van der Waals surface area contributed by atoms with E-state index in [9.17, 15) is 22.8 Å². The highest BCUT2D eigenvalue weighted by Gasteiger charge is 2.32. The summed E-state index contributed by atoms with van der Waals surface area (Å²) >= 11 is 0. The van der Waals surface area contributed by atoms with Crippen molar-refractivity contribution in [1.82, 2.24) is 5.32 Å². The van der Waals surface area contributed by atoms with Crippen LogP contribution in [-0.2, 0) is 6.18 Å². The summed E-state index contributed by atoms with van der Waals surface area (Å²) in [6.07, 6.45) is -4.65. The van der Waals surface area contributed by atoms with Crippen LogP contribution in [0.2, 0.25) is 0 Å². The van der Waals surface area contributed by atoms with Crippen LogP contribution in [-0.4, -0.2) is 17.9 Å². The van der Waals surface area contributed by atoms with Gasteiger partial charge in [0, 0.05) is 17.2 Å². The normalized spacial score (nSPS) is 11.5. The number of hydrogen-bond donors (Lipinski definition) is 2. The fourth-order valence-corrected chi connectivity index (χ4v) is 1.41. The van der Waals surface area contributed by atoms with Crippen LogP contribution in [0.4, 0.5) is 13.2 Å². The minimum absolute atomic E-state index is 0.237. The lowest BCUT2D eigenvalue weighted by molar-refractivity contribution is -0.137. The van der Waals surface area contributed by atoms with Crippen LogP contribution in [0.3, 0.4) is 0 Å². The van der Waals surface area contributed by atoms with Crippen LogP contribution in [0.5, 0.6) is 0 Å². The zero-order valence-electron chi connectivity index (χ0n) is 10.3. The largest absolute Gasteiger partial charge is 0.416 e. The number of nitrogens with two attached hydrogens (primary N) is 1. The van der Waals surface area contributed by atoms with Crippen LogP contribution < -0.4 is 11.1 Å². The average molecular weight is 274 g/mol. The molecule has 0 aromatic heterocycles. The topological polar surface area (TPSA) is 72.2 Å².